The summed E-state index contributed by atoms with van der Waals surface area (Å²) in [5.74, 6) is -1.81. The average molecular weight is 486 g/mol. The van der Waals surface area contributed by atoms with E-state index in [4.69, 9.17) is 16.9 Å². The number of para-hydroxylation sites is 1. The van der Waals surface area contributed by atoms with Gasteiger partial charge in [-0.1, -0.05) is 72.8 Å². The van der Waals surface area contributed by atoms with Crippen molar-refractivity contribution in [3.8, 4) is 0 Å². The number of hydrogen-bond donors (Lipinski definition) is 4. The number of nitrogens with zero attached hydrogens (tertiary/aromatic N) is 2. The lowest BCUT2D eigenvalue weighted by atomic mass is 9.94. The van der Waals surface area contributed by atoms with Crippen LogP contribution in [0.1, 0.15) is 34.7 Å². The number of nitrogen functional groups attached to an aromatic ring is 1. The molecule has 1 heterocycles. The Balaban J connectivity index is 1.89. The number of benzene rings is 3. The molecule has 0 spiro atoms. The van der Waals surface area contributed by atoms with Crippen molar-refractivity contribution in [1.82, 2.24) is 4.90 Å². The molecule has 2 unspecified atom stereocenters. The Morgan fingerprint density at radius 2 is 1.56 bits per heavy atom. The molecule has 9 nitrogen and oxygen atoms in total. The first-order valence-electron chi connectivity index (χ1n) is 11.5. The van der Waals surface area contributed by atoms with Gasteiger partial charge >= 0.3 is 12.0 Å². The van der Waals surface area contributed by atoms with Crippen LogP contribution in [-0.2, 0) is 16.0 Å². The molecule has 184 valence electrons. The highest BCUT2D eigenvalue weighted by Gasteiger charge is 2.43. The molecule has 0 radical (unpaired) electrons. The fourth-order valence-corrected chi connectivity index (χ4v) is 4.66. The Kier molecular flexibility index (Phi) is 7.00. The van der Waals surface area contributed by atoms with Gasteiger partial charge in [-0.2, -0.15) is 0 Å². The number of carbonyl (C=O) groups excluding carboxylic acids is 2. The van der Waals surface area contributed by atoms with Crippen LogP contribution in [-0.4, -0.2) is 46.3 Å². The number of primary amides is 1. The molecule has 0 fully saturated rings. The molecule has 6 N–H and O–H groups in total. The van der Waals surface area contributed by atoms with Gasteiger partial charge in [0.2, 0.25) is 5.91 Å². The molecule has 2 atom stereocenters. The highest BCUT2D eigenvalue weighted by atomic mass is 16.4. The number of amides is 3. The Hall–Kier alpha value is -4.66. The maximum Gasteiger partial charge on any atom is 0.320 e. The predicted octanol–water partition coefficient (Wildman–Crippen LogP) is 2.87. The van der Waals surface area contributed by atoms with Crippen molar-refractivity contribution in [2.45, 2.75) is 24.9 Å². The minimum absolute atomic E-state index is 0.0822. The summed E-state index contributed by atoms with van der Waals surface area (Å²) < 4.78 is 0. The molecule has 0 saturated carbocycles. The van der Waals surface area contributed by atoms with Gasteiger partial charge in [0.25, 0.3) is 0 Å². The Morgan fingerprint density at radius 3 is 2.17 bits per heavy atom. The van der Waals surface area contributed by atoms with Gasteiger partial charge in [-0.15, -0.1) is 0 Å². The number of carbonyl (C=O) groups is 3. The summed E-state index contributed by atoms with van der Waals surface area (Å²) in [5, 5.41) is 17.3. The highest BCUT2D eigenvalue weighted by molar-refractivity contribution is 6.03. The van der Waals surface area contributed by atoms with E-state index in [-0.39, 0.29) is 12.4 Å². The Bertz CT molecular complexity index is 1290. The van der Waals surface area contributed by atoms with Gasteiger partial charge in [-0.3, -0.25) is 19.9 Å². The van der Waals surface area contributed by atoms with E-state index in [0.29, 0.717) is 23.2 Å². The standard InChI is InChI=1S/C27H27N5O4/c28-25(29)19-12-10-18(11-13-19)24-20-8-4-5-9-21(20)32(27(30)36)22(16-23(33)34)26(35)31(24)15-14-17-6-2-1-3-7-17/h1-13,22,24H,14-16H2,(H3,28,29)(H2,30,36)(H,33,34). The van der Waals surface area contributed by atoms with Crippen molar-refractivity contribution >= 4 is 29.4 Å². The lowest BCUT2D eigenvalue weighted by Crippen LogP contribution is -2.52. The molecule has 0 aliphatic carbocycles. The van der Waals surface area contributed by atoms with Crippen molar-refractivity contribution in [2.24, 2.45) is 11.5 Å². The predicted molar refractivity (Wildman–Crippen MR) is 136 cm³/mol. The van der Waals surface area contributed by atoms with E-state index in [1.807, 2.05) is 30.3 Å². The largest absolute Gasteiger partial charge is 0.481 e. The fraction of sp³-hybridized carbons (Fsp3) is 0.185. The number of anilines is 1. The maximum absolute atomic E-state index is 14.0. The number of amidine groups is 1. The van der Waals surface area contributed by atoms with Gasteiger partial charge in [0.1, 0.15) is 11.9 Å². The van der Waals surface area contributed by atoms with Gasteiger partial charge in [0, 0.05) is 17.7 Å². The summed E-state index contributed by atoms with van der Waals surface area (Å²) in [5.41, 5.74) is 14.6. The smallest absolute Gasteiger partial charge is 0.320 e. The van der Waals surface area contributed by atoms with E-state index >= 15 is 0 Å². The second-order valence-electron chi connectivity index (χ2n) is 8.59. The van der Waals surface area contributed by atoms with E-state index in [1.165, 1.54) is 0 Å². The summed E-state index contributed by atoms with van der Waals surface area (Å²) in [6, 6.07) is 20.8. The number of fused-ring (bicyclic) bond motifs is 1. The van der Waals surface area contributed by atoms with Crippen LogP contribution in [0.4, 0.5) is 10.5 Å². The lowest BCUT2D eigenvalue weighted by Gasteiger charge is -2.33. The van der Waals surface area contributed by atoms with Crippen LogP contribution in [0.3, 0.4) is 0 Å². The van der Waals surface area contributed by atoms with Gasteiger partial charge in [-0.25, -0.2) is 4.79 Å². The van der Waals surface area contributed by atoms with E-state index < -0.39 is 36.4 Å². The number of carboxylic acids is 1. The second kappa shape index (κ2) is 10.3. The van der Waals surface area contributed by atoms with Crippen molar-refractivity contribution in [1.29, 1.82) is 5.41 Å². The summed E-state index contributed by atoms with van der Waals surface area (Å²) in [6.07, 6.45) is -0.0684. The van der Waals surface area contributed by atoms with Crippen LogP contribution < -0.4 is 16.4 Å². The topological polar surface area (TPSA) is 154 Å². The molecule has 0 aromatic heterocycles. The lowest BCUT2D eigenvalue weighted by molar-refractivity contribution is -0.142. The first-order chi connectivity index (χ1) is 17.3. The molecular formula is C27H27N5O4. The van der Waals surface area contributed by atoms with Gasteiger partial charge < -0.3 is 21.5 Å². The number of nitrogens with one attached hydrogen (secondary N) is 1. The molecule has 3 aromatic rings. The number of aliphatic carboxylic acids is 1. The summed E-state index contributed by atoms with van der Waals surface area (Å²) in [4.78, 5) is 41.1. The van der Waals surface area contributed by atoms with Crippen molar-refractivity contribution in [2.75, 3.05) is 11.4 Å². The van der Waals surface area contributed by atoms with E-state index in [9.17, 15) is 19.5 Å². The summed E-state index contributed by atoms with van der Waals surface area (Å²) in [7, 11) is 0. The van der Waals surface area contributed by atoms with Crippen LogP contribution >= 0.6 is 0 Å². The zero-order valence-electron chi connectivity index (χ0n) is 19.5. The molecule has 9 heteroatoms. The molecule has 0 saturated heterocycles. The monoisotopic (exact) mass is 485 g/mol. The highest BCUT2D eigenvalue weighted by Crippen LogP contribution is 2.40. The van der Waals surface area contributed by atoms with Gasteiger partial charge in [-0.05, 0) is 23.6 Å². The number of rotatable bonds is 7. The summed E-state index contributed by atoms with van der Waals surface area (Å²) >= 11 is 0. The molecule has 1 aliphatic rings. The zero-order chi connectivity index (χ0) is 25.8. The molecule has 3 aromatic carbocycles. The van der Waals surface area contributed by atoms with Gasteiger partial charge in [0.15, 0.2) is 0 Å². The molecular weight excluding hydrogens is 458 g/mol. The number of carboxylic acid groups (broad SMARTS) is 1. The van der Waals surface area contributed by atoms with Crippen LogP contribution in [0.25, 0.3) is 0 Å². The minimum atomic E-state index is -1.31. The molecule has 0 bridgehead atoms. The van der Waals surface area contributed by atoms with E-state index in [1.54, 1.807) is 53.4 Å². The number of urea groups is 1. The summed E-state index contributed by atoms with van der Waals surface area (Å²) in [6.45, 7) is 0.277. The van der Waals surface area contributed by atoms with Crippen LogP contribution in [0.2, 0.25) is 0 Å². The maximum atomic E-state index is 14.0. The second-order valence-corrected chi connectivity index (χ2v) is 8.59. The SMILES string of the molecule is N=C(N)c1ccc(C2c3ccccc3N(C(N)=O)C(CC(=O)O)C(=O)N2CCc2ccccc2)cc1. The molecule has 4 rings (SSSR count). The van der Waals surface area contributed by atoms with E-state index in [0.717, 1.165) is 16.0 Å². The van der Waals surface area contributed by atoms with Crippen molar-refractivity contribution in [3.05, 3.63) is 101 Å². The first kappa shape index (κ1) is 24.5. The number of nitrogens with two attached hydrogens (primary N) is 2. The van der Waals surface area contributed by atoms with Crippen molar-refractivity contribution < 1.29 is 19.5 Å². The third-order valence-electron chi connectivity index (χ3n) is 6.31. The van der Waals surface area contributed by atoms with E-state index in [2.05, 4.69) is 0 Å². The first-order valence-corrected chi connectivity index (χ1v) is 11.5. The van der Waals surface area contributed by atoms with Crippen LogP contribution in [0, 0.1) is 5.41 Å². The Labute approximate surface area is 208 Å². The zero-order valence-corrected chi connectivity index (χ0v) is 19.5. The number of hydrogen-bond acceptors (Lipinski definition) is 4. The van der Waals surface area contributed by atoms with Crippen LogP contribution in [0.5, 0.6) is 0 Å². The molecule has 36 heavy (non-hydrogen) atoms. The Morgan fingerprint density at radius 1 is 0.917 bits per heavy atom. The quantitative estimate of drug-likeness (QED) is 0.299. The van der Waals surface area contributed by atoms with Crippen LogP contribution in [0.15, 0.2) is 78.9 Å². The van der Waals surface area contributed by atoms with Gasteiger partial charge in [0.05, 0.1) is 18.2 Å². The van der Waals surface area contributed by atoms with Crippen molar-refractivity contribution in [3.63, 3.8) is 0 Å². The fourth-order valence-electron chi connectivity index (χ4n) is 4.66. The third-order valence-corrected chi connectivity index (χ3v) is 6.31. The normalized spacial score (nSPS) is 17.3. The molecule has 1 aliphatic heterocycles. The average Bonchev–Trinajstić information content (AvgIpc) is 2.96. The molecule has 3 amide bonds. The third kappa shape index (κ3) is 4.90. The minimum Gasteiger partial charge on any atom is -0.481 e.